The Morgan fingerprint density at radius 3 is 1.97 bits per heavy atom. The van der Waals surface area contributed by atoms with Gasteiger partial charge in [-0.2, -0.15) is 0 Å². The maximum absolute atomic E-state index is 13.1. The van der Waals surface area contributed by atoms with Gasteiger partial charge in [0.2, 0.25) is 5.91 Å². The van der Waals surface area contributed by atoms with Gasteiger partial charge >= 0.3 is 17.9 Å². The zero-order chi connectivity index (χ0) is 23.3. The van der Waals surface area contributed by atoms with Gasteiger partial charge in [-0.1, -0.05) is 17.7 Å². The van der Waals surface area contributed by atoms with E-state index in [1.165, 1.54) is 13.8 Å². The van der Waals surface area contributed by atoms with Crippen LogP contribution in [0.3, 0.4) is 0 Å². The van der Waals surface area contributed by atoms with E-state index in [9.17, 15) is 24.3 Å². The SMILES string of the molecule is CC(=O)OC[C@H]1O[C@@H]([O-])[C@H](N(C(C)=O)c2ccc(C)cc2)[C@@H](OC(C)=O)[C@@H]1OC(C)=O. The summed E-state index contributed by atoms with van der Waals surface area (Å²) in [7, 11) is 0. The van der Waals surface area contributed by atoms with Crippen LogP contribution >= 0.6 is 0 Å². The fourth-order valence-corrected chi connectivity index (χ4v) is 3.43. The van der Waals surface area contributed by atoms with E-state index in [1.54, 1.807) is 24.3 Å². The van der Waals surface area contributed by atoms with Gasteiger partial charge in [-0.25, -0.2) is 0 Å². The molecule has 1 aromatic rings. The number of amides is 1. The molecule has 31 heavy (non-hydrogen) atoms. The zero-order valence-corrected chi connectivity index (χ0v) is 18.0. The van der Waals surface area contributed by atoms with E-state index in [4.69, 9.17) is 18.9 Å². The molecule has 0 bridgehead atoms. The fraction of sp³-hybridized carbons (Fsp3) is 0.524. The van der Waals surface area contributed by atoms with Crippen molar-refractivity contribution in [2.24, 2.45) is 0 Å². The number of hydrogen-bond donors (Lipinski definition) is 0. The molecule has 10 heteroatoms. The molecule has 2 rings (SSSR count). The molecule has 1 aliphatic rings. The second-order valence-corrected chi connectivity index (χ2v) is 7.21. The van der Waals surface area contributed by atoms with Crippen LogP contribution in [0.25, 0.3) is 0 Å². The van der Waals surface area contributed by atoms with Crippen LogP contribution < -0.4 is 10.0 Å². The van der Waals surface area contributed by atoms with Crippen LogP contribution in [0.5, 0.6) is 0 Å². The van der Waals surface area contributed by atoms with Crippen LogP contribution in [0.15, 0.2) is 24.3 Å². The number of aryl methyl sites for hydroxylation is 1. The summed E-state index contributed by atoms with van der Waals surface area (Å²) in [6.45, 7) is 6.14. The van der Waals surface area contributed by atoms with Gasteiger partial charge in [-0.05, 0) is 19.1 Å². The first-order chi connectivity index (χ1) is 14.5. The number of ether oxygens (including phenoxy) is 4. The number of benzene rings is 1. The Balaban J connectivity index is 2.52. The number of carbonyl (C=O) groups excluding carboxylic acids is 4. The average Bonchev–Trinajstić information content (AvgIpc) is 2.65. The number of nitrogens with zero attached hydrogens (tertiary/aromatic N) is 1. The Bertz CT molecular complexity index is 823. The maximum atomic E-state index is 13.1. The van der Waals surface area contributed by atoms with Crippen molar-refractivity contribution in [1.29, 1.82) is 0 Å². The summed E-state index contributed by atoms with van der Waals surface area (Å²) in [6.07, 6.45) is -5.73. The van der Waals surface area contributed by atoms with Crippen LogP contribution in [-0.2, 0) is 38.1 Å². The Morgan fingerprint density at radius 1 is 0.935 bits per heavy atom. The summed E-state index contributed by atoms with van der Waals surface area (Å²) in [5.74, 6) is -2.62. The molecule has 1 saturated heterocycles. The standard InChI is InChI=1S/C21H26NO9/c1-11-6-8-16(9-7-11)22(12(2)23)18-20(30-15(5)26)19(29-14(4)25)17(31-21(18)27)10-28-13(3)24/h6-9,17-21H,10H2,1-5H3/q-1/t17-,18-,19-,20-,21-/m1/s1. The topological polar surface area (TPSA) is 132 Å². The average molecular weight is 436 g/mol. The van der Waals surface area contributed by atoms with Crippen molar-refractivity contribution < 1.29 is 43.2 Å². The molecule has 1 aromatic carbocycles. The van der Waals surface area contributed by atoms with Gasteiger partial charge in [0.15, 0.2) is 12.2 Å². The summed E-state index contributed by atoms with van der Waals surface area (Å²) in [5, 5.41) is 13.1. The summed E-state index contributed by atoms with van der Waals surface area (Å²) in [4.78, 5) is 48.5. The van der Waals surface area contributed by atoms with E-state index >= 15 is 0 Å². The van der Waals surface area contributed by atoms with Gasteiger partial charge in [0.05, 0.1) is 6.04 Å². The molecule has 1 fully saturated rings. The molecule has 10 nitrogen and oxygen atoms in total. The van der Waals surface area contributed by atoms with Gasteiger partial charge in [-0.3, -0.25) is 19.2 Å². The van der Waals surface area contributed by atoms with Crippen LogP contribution in [-0.4, -0.2) is 61.1 Å². The molecule has 1 heterocycles. The smallest absolute Gasteiger partial charge is 0.303 e. The molecule has 0 N–H and O–H groups in total. The minimum atomic E-state index is -1.89. The highest BCUT2D eigenvalue weighted by molar-refractivity contribution is 5.92. The molecule has 170 valence electrons. The van der Waals surface area contributed by atoms with Crippen molar-refractivity contribution >= 4 is 29.5 Å². The van der Waals surface area contributed by atoms with E-state index in [0.717, 1.165) is 24.3 Å². The second-order valence-electron chi connectivity index (χ2n) is 7.21. The van der Waals surface area contributed by atoms with Gasteiger partial charge < -0.3 is 29.0 Å². The lowest BCUT2D eigenvalue weighted by Gasteiger charge is -2.51. The summed E-state index contributed by atoms with van der Waals surface area (Å²) in [5.41, 5.74) is 1.31. The second kappa shape index (κ2) is 10.4. The maximum Gasteiger partial charge on any atom is 0.303 e. The predicted molar refractivity (Wildman–Crippen MR) is 105 cm³/mol. The van der Waals surface area contributed by atoms with Crippen molar-refractivity contribution in [2.75, 3.05) is 11.5 Å². The number of rotatable bonds is 6. The van der Waals surface area contributed by atoms with Crippen LogP contribution in [0.2, 0.25) is 0 Å². The number of anilines is 1. The molecular weight excluding hydrogens is 410 g/mol. The van der Waals surface area contributed by atoms with Crippen molar-refractivity contribution in [1.82, 2.24) is 0 Å². The highest BCUT2D eigenvalue weighted by Crippen LogP contribution is 2.31. The highest BCUT2D eigenvalue weighted by atomic mass is 16.7. The van der Waals surface area contributed by atoms with Gasteiger partial charge in [-0.15, -0.1) is 0 Å². The van der Waals surface area contributed by atoms with Crippen LogP contribution in [0, 0.1) is 6.92 Å². The molecule has 5 atom stereocenters. The largest absolute Gasteiger partial charge is 0.829 e. The predicted octanol–water partition coefficient (Wildman–Crippen LogP) is 0.228. The summed E-state index contributed by atoms with van der Waals surface area (Å²) >= 11 is 0. The third kappa shape index (κ3) is 6.25. The fourth-order valence-electron chi connectivity index (χ4n) is 3.43. The molecule has 1 amide bonds. The monoisotopic (exact) mass is 436 g/mol. The van der Waals surface area contributed by atoms with E-state index in [1.807, 2.05) is 6.92 Å². The van der Waals surface area contributed by atoms with E-state index in [2.05, 4.69) is 0 Å². The lowest BCUT2D eigenvalue weighted by molar-refractivity contribution is -0.517. The van der Waals surface area contributed by atoms with Crippen LogP contribution in [0.1, 0.15) is 33.3 Å². The minimum absolute atomic E-state index is 0.379. The molecule has 1 aliphatic heterocycles. The third-order valence-electron chi connectivity index (χ3n) is 4.62. The highest BCUT2D eigenvalue weighted by Gasteiger charge is 2.50. The molecule has 0 radical (unpaired) electrons. The first-order valence-corrected chi connectivity index (χ1v) is 9.66. The number of esters is 3. The normalized spacial score (nSPS) is 25.3. The van der Waals surface area contributed by atoms with E-state index in [0.29, 0.717) is 5.69 Å². The Kier molecular flexibility index (Phi) is 8.12. The summed E-state index contributed by atoms with van der Waals surface area (Å²) in [6, 6.07) is 5.44. The number of hydrogen-bond acceptors (Lipinski definition) is 9. The van der Waals surface area contributed by atoms with Crippen molar-refractivity contribution in [3.8, 4) is 0 Å². The van der Waals surface area contributed by atoms with Crippen molar-refractivity contribution in [2.45, 2.75) is 65.3 Å². The molecular formula is C21H26NO9-. The Labute approximate surface area is 180 Å². The zero-order valence-electron chi connectivity index (χ0n) is 18.0. The Hall–Kier alpha value is -2.98. The molecule has 0 aromatic heterocycles. The van der Waals surface area contributed by atoms with E-state index < -0.39 is 61.1 Å². The third-order valence-corrected chi connectivity index (χ3v) is 4.62. The molecule has 0 aliphatic carbocycles. The molecule has 0 spiro atoms. The first-order valence-electron chi connectivity index (χ1n) is 9.66. The minimum Gasteiger partial charge on any atom is -0.829 e. The van der Waals surface area contributed by atoms with Gasteiger partial charge in [0, 0.05) is 39.7 Å². The molecule has 0 unspecified atom stereocenters. The van der Waals surface area contributed by atoms with Crippen molar-refractivity contribution in [3.05, 3.63) is 29.8 Å². The summed E-state index contributed by atoms with van der Waals surface area (Å²) < 4.78 is 21.1. The number of carbonyl (C=O) groups is 4. The molecule has 0 saturated carbocycles. The Morgan fingerprint density at radius 2 is 1.48 bits per heavy atom. The van der Waals surface area contributed by atoms with E-state index in [-0.39, 0.29) is 0 Å². The van der Waals surface area contributed by atoms with Crippen LogP contribution in [0.4, 0.5) is 5.69 Å². The quantitative estimate of drug-likeness (QED) is 0.454. The van der Waals surface area contributed by atoms with Gasteiger partial charge in [0.1, 0.15) is 12.7 Å². The van der Waals surface area contributed by atoms with Gasteiger partial charge in [0.25, 0.3) is 0 Å². The van der Waals surface area contributed by atoms with Crippen molar-refractivity contribution in [3.63, 3.8) is 0 Å². The lowest BCUT2D eigenvalue weighted by atomic mass is 9.94. The lowest BCUT2D eigenvalue weighted by Crippen LogP contribution is -2.70. The first kappa shape index (κ1) is 24.3.